The molecule has 1 N–H and O–H groups in total. The van der Waals surface area contributed by atoms with Crippen molar-refractivity contribution in [3.8, 4) is 0 Å². The van der Waals surface area contributed by atoms with Crippen LogP contribution in [0.3, 0.4) is 0 Å². The van der Waals surface area contributed by atoms with E-state index in [2.05, 4.69) is 4.98 Å². The lowest BCUT2D eigenvalue weighted by atomic mass is 10.0. The van der Waals surface area contributed by atoms with Gasteiger partial charge in [0.2, 0.25) is 0 Å². The van der Waals surface area contributed by atoms with E-state index in [-0.39, 0.29) is 23.8 Å². The van der Waals surface area contributed by atoms with Crippen LogP contribution in [0, 0.1) is 11.6 Å². The summed E-state index contributed by atoms with van der Waals surface area (Å²) in [6, 6.07) is 6.54. The van der Waals surface area contributed by atoms with Crippen LogP contribution in [-0.4, -0.2) is 48.2 Å². The van der Waals surface area contributed by atoms with Crippen molar-refractivity contribution in [2.75, 3.05) is 25.0 Å². The fourth-order valence-electron chi connectivity index (χ4n) is 3.89. The smallest absolute Gasteiger partial charge is 0.303 e. The van der Waals surface area contributed by atoms with Gasteiger partial charge in [0.25, 0.3) is 5.91 Å². The summed E-state index contributed by atoms with van der Waals surface area (Å²) in [6.07, 6.45) is 4.39. The van der Waals surface area contributed by atoms with Gasteiger partial charge in [-0.3, -0.25) is 9.20 Å². The van der Waals surface area contributed by atoms with Crippen LogP contribution < -0.4 is 9.62 Å². The van der Waals surface area contributed by atoms with Crippen molar-refractivity contribution in [1.82, 2.24) is 18.4 Å². The van der Waals surface area contributed by atoms with Gasteiger partial charge in [0.1, 0.15) is 23.0 Å². The van der Waals surface area contributed by atoms with Crippen molar-refractivity contribution < 1.29 is 22.0 Å². The van der Waals surface area contributed by atoms with Crippen LogP contribution in [0.4, 0.5) is 14.5 Å². The first kappa shape index (κ1) is 22.2. The number of amides is 1. The van der Waals surface area contributed by atoms with Gasteiger partial charge in [0, 0.05) is 31.9 Å². The zero-order valence-electron chi connectivity index (χ0n) is 17.6. The maximum atomic E-state index is 14.4. The largest absolute Gasteiger partial charge is 0.363 e. The zero-order chi connectivity index (χ0) is 23.0. The molecule has 2 aromatic heterocycles. The molecular weight excluding hydrogens is 440 g/mol. The van der Waals surface area contributed by atoms with E-state index >= 15 is 0 Å². The summed E-state index contributed by atoms with van der Waals surface area (Å²) < 4.78 is 57.2. The maximum Gasteiger partial charge on any atom is 0.303 e. The zero-order valence-corrected chi connectivity index (χ0v) is 18.4. The van der Waals surface area contributed by atoms with Crippen LogP contribution in [0.25, 0.3) is 5.65 Å². The molecule has 1 aliphatic rings. The van der Waals surface area contributed by atoms with Crippen molar-refractivity contribution >= 4 is 27.5 Å². The standard InChI is InChI=1S/C21H23F2N5O3S/c1-3-26(2)32(30,31)25-21(29)19-12-24-20-9-7-15(13-28(19)20)27-10-4-5-18(27)16-11-14(22)6-8-17(16)23/h6-9,11-13,18H,3-5,10H2,1-2H3,(H,25,29)/t18-/m1/s1. The fraction of sp³-hybridized carbons (Fsp3) is 0.333. The minimum absolute atomic E-state index is 0.0441. The predicted octanol–water partition coefficient (Wildman–Crippen LogP) is 2.88. The number of aromatic nitrogens is 2. The third-order valence-electron chi connectivity index (χ3n) is 5.70. The molecule has 3 heterocycles. The number of nitrogens with zero attached hydrogens (tertiary/aromatic N) is 4. The highest BCUT2D eigenvalue weighted by molar-refractivity contribution is 7.87. The number of carbonyl (C=O) groups excluding carboxylic acids is 1. The molecule has 1 aromatic carbocycles. The Labute approximate surface area is 184 Å². The fourth-order valence-corrected chi connectivity index (χ4v) is 4.73. The van der Waals surface area contributed by atoms with E-state index < -0.39 is 27.8 Å². The Bertz CT molecular complexity index is 1280. The van der Waals surface area contributed by atoms with E-state index in [1.807, 2.05) is 9.62 Å². The summed E-state index contributed by atoms with van der Waals surface area (Å²) in [4.78, 5) is 18.8. The molecule has 1 aliphatic heterocycles. The van der Waals surface area contributed by atoms with Gasteiger partial charge in [-0.05, 0) is 43.2 Å². The van der Waals surface area contributed by atoms with Crippen molar-refractivity contribution in [3.63, 3.8) is 0 Å². The van der Waals surface area contributed by atoms with Crippen molar-refractivity contribution in [2.45, 2.75) is 25.8 Å². The first-order chi connectivity index (χ1) is 15.2. The summed E-state index contributed by atoms with van der Waals surface area (Å²) in [5.74, 6) is -1.79. The van der Waals surface area contributed by atoms with Crippen molar-refractivity contribution in [1.29, 1.82) is 0 Å². The van der Waals surface area contributed by atoms with Gasteiger partial charge in [-0.1, -0.05) is 6.92 Å². The average molecular weight is 464 g/mol. The molecule has 1 saturated heterocycles. The number of fused-ring (bicyclic) bond motifs is 1. The van der Waals surface area contributed by atoms with Gasteiger partial charge >= 0.3 is 10.2 Å². The lowest BCUT2D eigenvalue weighted by Gasteiger charge is -2.27. The second kappa shape index (κ2) is 8.47. The Morgan fingerprint density at radius 3 is 2.81 bits per heavy atom. The molecule has 1 fully saturated rings. The van der Waals surface area contributed by atoms with E-state index in [1.165, 1.54) is 23.7 Å². The number of anilines is 1. The Balaban J connectivity index is 1.68. The molecule has 0 spiro atoms. The van der Waals surface area contributed by atoms with Gasteiger partial charge in [-0.2, -0.15) is 12.7 Å². The number of halogens is 2. The Kier molecular flexibility index (Phi) is 5.87. The number of nitrogens with one attached hydrogen (secondary N) is 1. The molecule has 0 aliphatic carbocycles. The number of hydrogen-bond donors (Lipinski definition) is 1. The number of pyridine rings is 1. The molecule has 0 bridgehead atoms. The molecule has 0 unspecified atom stereocenters. The van der Waals surface area contributed by atoms with Crippen LogP contribution in [0.2, 0.25) is 0 Å². The van der Waals surface area contributed by atoms with E-state index in [0.29, 0.717) is 24.3 Å². The number of imidazole rings is 1. The predicted molar refractivity (Wildman–Crippen MR) is 116 cm³/mol. The first-order valence-corrected chi connectivity index (χ1v) is 11.6. The van der Waals surface area contributed by atoms with E-state index in [9.17, 15) is 22.0 Å². The van der Waals surface area contributed by atoms with Crippen LogP contribution in [0.1, 0.15) is 41.9 Å². The number of rotatable bonds is 6. The third kappa shape index (κ3) is 4.05. The average Bonchev–Trinajstić information content (AvgIpc) is 3.41. The first-order valence-electron chi connectivity index (χ1n) is 10.2. The molecule has 3 aromatic rings. The summed E-state index contributed by atoms with van der Waals surface area (Å²) in [7, 11) is -2.62. The van der Waals surface area contributed by atoms with Crippen LogP contribution >= 0.6 is 0 Å². The quantitative estimate of drug-likeness (QED) is 0.608. The summed E-state index contributed by atoms with van der Waals surface area (Å²) in [6.45, 7) is 2.48. The lowest BCUT2D eigenvalue weighted by molar-refractivity contribution is 0.0974. The molecule has 0 saturated carbocycles. The SMILES string of the molecule is CCN(C)S(=O)(=O)NC(=O)c1cnc2ccc(N3CCC[C@@H]3c3cc(F)ccc3F)cn12. The number of carbonyl (C=O) groups is 1. The molecule has 32 heavy (non-hydrogen) atoms. The molecule has 4 rings (SSSR count). The topological polar surface area (TPSA) is 87.0 Å². The number of hydrogen-bond acceptors (Lipinski definition) is 5. The molecule has 1 atom stereocenters. The van der Waals surface area contributed by atoms with Crippen LogP contribution in [0.5, 0.6) is 0 Å². The number of benzene rings is 1. The maximum absolute atomic E-state index is 14.4. The second-order valence-electron chi connectivity index (χ2n) is 7.63. The minimum atomic E-state index is -3.98. The van der Waals surface area contributed by atoms with Crippen molar-refractivity contribution in [3.05, 3.63) is 65.6 Å². The molecule has 1 amide bonds. The van der Waals surface area contributed by atoms with Crippen LogP contribution in [0.15, 0.2) is 42.7 Å². The lowest BCUT2D eigenvalue weighted by Crippen LogP contribution is -2.41. The Hall–Kier alpha value is -3.05. The van der Waals surface area contributed by atoms with E-state index in [1.54, 1.807) is 25.3 Å². The molecule has 170 valence electrons. The van der Waals surface area contributed by atoms with Crippen molar-refractivity contribution in [2.24, 2.45) is 0 Å². The van der Waals surface area contributed by atoms with Gasteiger partial charge in [-0.25, -0.2) is 18.5 Å². The molecular formula is C21H23F2N5O3S. The van der Waals surface area contributed by atoms with Gasteiger partial charge in [0.15, 0.2) is 0 Å². The summed E-state index contributed by atoms with van der Waals surface area (Å²) in [5.41, 5.74) is 1.46. The second-order valence-corrected chi connectivity index (χ2v) is 9.40. The van der Waals surface area contributed by atoms with Crippen LogP contribution in [-0.2, 0) is 10.2 Å². The third-order valence-corrected chi connectivity index (χ3v) is 7.22. The van der Waals surface area contributed by atoms with Gasteiger partial charge < -0.3 is 4.90 Å². The highest BCUT2D eigenvalue weighted by Gasteiger charge is 2.29. The molecule has 11 heteroatoms. The normalized spacial score (nSPS) is 16.8. The monoisotopic (exact) mass is 463 g/mol. The minimum Gasteiger partial charge on any atom is -0.363 e. The Morgan fingerprint density at radius 1 is 1.28 bits per heavy atom. The van der Waals surface area contributed by atoms with E-state index in [0.717, 1.165) is 22.9 Å². The molecule has 8 nitrogen and oxygen atoms in total. The Morgan fingerprint density at radius 2 is 2.06 bits per heavy atom. The highest BCUT2D eigenvalue weighted by Crippen LogP contribution is 2.37. The summed E-state index contributed by atoms with van der Waals surface area (Å²) in [5, 5.41) is 0. The highest BCUT2D eigenvalue weighted by atomic mass is 32.2. The molecule has 0 radical (unpaired) electrons. The van der Waals surface area contributed by atoms with Gasteiger partial charge in [-0.15, -0.1) is 0 Å². The summed E-state index contributed by atoms with van der Waals surface area (Å²) >= 11 is 0. The van der Waals surface area contributed by atoms with Gasteiger partial charge in [0.05, 0.1) is 17.9 Å². The van der Waals surface area contributed by atoms with E-state index in [4.69, 9.17) is 0 Å².